The van der Waals surface area contributed by atoms with Crippen LogP contribution in [0.1, 0.15) is 219 Å². The van der Waals surface area contributed by atoms with Crippen LogP contribution in [0.2, 0.25) is 0 Å². The zero-order chi connectivity index (χ0) is 52.8. The summed E-state index contributed by atoms with van der Waals surface area (Å²) in [6, 6.07) is 0. The molecule has 408 valence electrons. The van der Waals surface area contributed by atoms with Gasteiger partial charge in [-0.05, 0) is 192 Å². The summed E-state index contributed by atoms with van der Waals surface area (Å²) in [5, 5.41) is 5.54. The predicted octanol–water partition coefficient (Wildman–Crippen LogP) is 13.2. The second-order valence-electron chi connectivity index (χ2n) is 26.0. The van der Waals surface area contributed by atoms with Gasteiger partial charge in [-0.2, -0.15) is 0 Å². The molecule has 0 unspecified atom stereocenters. The monoisotopic (exact) mass is 999 g/mol. The molecule has 13 heteroatoms. The van der Waals surface area contributed by atoms with Crippen molar-refractivity contribution in [3.05, 3.63) is 11.6 Å². The fourth-order valence-electron chi connectivity index (χ4n) is 12.8. The van der Waals surface area contributed by atoms with Crippen LogP contribution in [0.25, 0.3) is 0 Å². The maximum absolute atomic E-state index is 13.7. The van der Waals surface area contributed by atoms with Crippen molar-refractivity contribution >= 4 is 30.2 Å². The molecule has 71 heavy (non-hydrogen) atoms. The number of nitrogens with one attached hydrogen (secondary N) is 2. The van der Waals surface area contributed by atoms with E-state index in [2.05, 4.69) is 51.3 Å². The van der Waals surface area contributed by atoms with Gasteiger partial charge < -0.3 is 39.4 Å². The molecule has 0 saturated heterocycles. The first kappa shape index (κ1) is 60.0. The SMILES string of the molecule is CC(C)CCC[C@@H](C)[C@H]1CC[C@H]2[C@@H]3CC=C4C[C@@H](OC(=O)CCCCC(=O)N(CCCCN(CCCNC(=O)OC(C)(C)C)C(=O)OC(C)(C)C)CCCNC(=O)OC(C)(C)C)CC[C@]4(C)[C@H]3CC[C@]12C. The highest BCUT2D eigenvalue weighted by atomic mass is 16.6. The van der Waals surface area contributed by atoms with Gasteiger partial charge in [0, 0.05) is 58.5 Å². The lowest BCUT2D eigenvalue weighted by Gasteiger charge is -2.58. The second-order valence-corrected chi connectivity index (χ2v) is 26.0. The lowest BCUT2D eigenvalue weighted by Crippen LogP contribution is -2.51. The van der Waals surface area contributed by atoms with E-state index in [4.69, 9.17) is 18.9 Å². The molecule has 0 radical (unpaired) electrons. The number of rotatable bonds is 24. The van der Waals surface area contributed by atoms with Gasteiger partial charge in [0.25, 0.3) is 0 Å². The number of unbranched alkanes of at least 4 members (excludes halogenated alkanes) is 2. The van der Waals surface area contributed by atoms with Gasteiger partial charge in [0.05, 0.1) is 0 Å². The Morgan fingerprint density at radius 3 is 1.80 bits per heavy atom. The molecule has 0 aromatic rings. The lowest BCUT2D eigenvalue weighted by molar-refractivity contribution is -0.151. The molecule has 0 bridgehead atoms. The normalized spacial score (nSPS) is 25.7. The highest BCUT2D eigenvalue weighted by Crippen LogP contribution is 2.67. The van der Waals surface area contributed by atoms with Gasteiger partial charge in [-0.15, -0.1) is 0 Å². The summed E-state index contributed by atoms with van der Waals surface area (Å²) < 4.78 is 22.6. The van der Waals surface area contributed by atoms with Crippen molar-refractivity contribution in [3.8, 4) is 0 Å². The third kappa shape index (κ3) is 19.4. The minimum Gasteiger partial charge on any atom is -0.462 e. The molecule has 2 N–H and O–H groups in total. The van der Waals surface area contributed by atoms with Crippen molar-refractivity contribution in [2.75, 3.05) is 39.3 Å². The average Bonchev–Trinajstić information content (AvgIpc) is 3.60. The molecule has 4 aliphatic carbocycles. The maximum atomic E-state index is 13.7. The number of hydrogen-bond donors (Lipinski definition) is 2. The minimum atomic E-state index is -0.671. The Labute approximate surface area is 431 Å². The molecule has 0 spiro atoms. The Balaban J connectivity index is 1.25. The van der Waals surface area contributed by atoms with Gasteiger partial charge in [-0.25, -0.2) is 14.4 Å². The molecule has 0 aliphatic heterocycles. The van der Waals surface area contributed by atoms with Gasteiger partial charge in [0.15, 0.2) is 0 Å². The topological polar surface area (TPSA) is 153 Å². The number of allylic oxidation sites excluding steroid dienone is 1. The third-order valence-electron chi connectivity index (χ3n) is 16.2. The lowest BCUT2D eigenvalue weighted by atomic mass is 9.47. The molecule has 0 aromatic carbocycles. The van der Waals surface area contributed by atoms with Crippen LogP contribution in [-0.2, 0) is 28.5 Å². The first-order valence-electron chi connectivity index (χ1n) is 28.2. The van der Waals surface area contributed by atoms with Crippen LogP contribution in [0.4, 0.5) is 14.4 Å². The Morgan fingerprint density at radius 1 is 0.648 bits per heavy atom. The quantitative estimate of drug-likeness (QED) is 0.0416. The largest absolute Gasteiger partial charge is 0.462 e. The van der Waals surface area contributed by atoms with E-state index in [0.29, 0.717) is 89.6 Å². The fourth-order valence-corrected chi connectivity index (χ4v) is 12.8. The summed E-state index contributed by atoms with van der Waals surface area (Å²) in [6.45, 7) is 31.2. The molecule has 0 heterocycles. The maximum Gasteiger partial charge on any atom is 0.410 e. The number of esters is 1. The fraction of sp³-hybridized carbons (Fsp3) is 0.879. The van der Waals surface area contributed by atoms with Crippen LogP contribution in [-0.4, -0.2) is 102 Å². The van der Waals surface area contributed by atoms with Crippen molar-refractivity contribution in [3.63, 3.8) is 0 Å². The van der Waals surface area contributed by atoms with Crippen LogP contribution in [0.5, 0.6) is 0 Å². The first-order chi connectivity index (χ1) is 33.1. The summed E-state index contributed by atoms with van der Waals surface area (Å²) >= 11 is 0. The molecule has 3 fully saturated rings. The van der Waals surface area contributed by atoms with E-state index >= 15 is 0 Å². The highest BCUT2D eigenvalue weighted by molar-refractivity contribution is 5.76. The number of hydrogen-bond acceptors (Lipinski definition) is 9. The van der Waals surface area contributed by atoms with E-state index in [1.807, 2.05) is 46.4 Å². The van der Waals surface area contributed by atoms with Crippen molar-refractivity contribution < 1.29 is 42.9 Å². The zero-order valence-electron chi connectivity index (χ0n) is 47.4. The number of carbonyl (C=O) groups is 5. The number of fused-ring (bicyclic) bond motifs is 5. The van der Waals surface area contributed by atoms with E-state index < -0.39 is 35.1 Å². The molecule has 13 nitrogen and oxygen atoms in total. The zero-order valence-corrected chi connectivity index (χ0v) is 47.4. The molecule has 4 amide bonds. The number of amides is 4. The van der Waals surface area contributed by atoms with Crippen molar-refractivity contribution in [2.45, 2.75) is 242 Å². The Hall–Kier alpha value is -3.51. The summed E-state index contributed by atoms with van der Waals surface area (Å²) in [4.78, 5) is 68.2. The number of carbonyl (C=O) groups excluding carboxylic acids is 5. The number of alkyl carbamates (subject to hydrolysis) is 2. The number of ether oxygens (including phenoxy) is 4. The molecule has 4 rings (SSSR count). The first-order valence-corrected chi connectivity index (χ1v) is 28.2. The van der Waals surface area contributed by atoms with Gasteiger partial charge >= 0.3 is 24.2 Å². The summed E-state index contributed by atoms with van der Waals surface area (Å²) in [7, 11) is 0. The van der Waals surface area contributed by atoms with Crippen LogP contribution >= 0.6 is 0 Å². The Morgan fingerprint density at radius 2 is 1.21 bits per heavy atom. The summed E-state index contributed by atoms with van der Waals surface area (Å²) in [5.41, 5.74) is 0.306. The van der Waals surface area contributed by atoms with Gasteiger partial charge in [-0.1, -0.05) is 65.5 Å². The highest BCUT2D eigenvalue weighted by Gasteiger charge is 2.59. The smallest absolute Gasteiger partial charge is 0.410 e. The van der Waals surface area contributed by atoms with Crippen LogP contribution < -0.4 is 10.6 Å². The molecular weight excluding hydrogens is 897 g/mol. The molecular formula is C58H102N4O9. The van der Waals surface area contributed by atoms with Gasteiger partial charge in [0.1, 0.15) is 22.9 Å². The van der Waals surface area contributed by atoms with Gasteiger partial charge in [-0.3, -0.25) is 9.59 Å². The van der Waals surface area contributed by atoms with Crippen molar-refractivity contribution in [1.82, 2.24) is 20.4 Å². The van der Waals surface area contributed by atoms with E-state index in [9.17, 15) is 24.0 Å². The molecule has 4 aliphatic rings. The van der Waals surface area contributed by atoms with E-state index in [1.54, 1.807) is 25.7 Å². The predicted molar refractivity (Wildman–Crippen MR) is 283 cm³/mol. The van der Waals surface area contributed by atoms with Crippen LogP contribution in [0.3, 0.4) is 0 Å². The standard InChI is InChI=1S/C58H102N4O9/c1-41(2)22-19-23-42(3)46-28-29-47-45-27-26-43-40-44(30-32-57(43,13)48(45)31-33-58(46,47)14)68-50(64)25-16-15-24-49(63)61(38-20-34-59-51(65)69-54(4,5)6)36-17-18-37-62(53(67)71-56(10,11)12)39-21-35-60-52(66)70-55(7,8)9/h26,41-42,44-48H,15-25,27-40H2,1-14H3,(H,59,65)(H,60,66)/t42-,44+,45+,46-,47+,48+,57+,58-/m1/s1. The summed E-state index contributed by atoms with van der Waals surface area (Å²) in [6.07, 6.45) is 18.7. The number of nitrogens with zero attached hydrogens (tertiary/aromatic N) is 2. The van der Waals surface area contributed by atoms with E-state index in [1.165, 1.54) is 56.9 Å². The Kier molecular flexibility index (Phi) is 22.5. The third-order valence-corrected chi connectivity index (χ3v) is 16.2. The van der Waals surface area contributed by atoms with Crippen molar-refractivity contribution in [2.24, 2.45) is 46.3 Å². The average molecular weight is 999 g/mol. The van der Waals surface area contributed by atoms with Crippen LogP contribution in [0, 0.1) is 46.3 Å². The molecule has 3 saturated carbocycles. The van der Waals surface area contributed by atoms with Crippen LogP contribution in [0.15, 0.2) is 11.6 Å². The molecule has 0 aromatic heterocycles. The van der Waals surface area contributed by atoms with Crippen molar-refractivity contribution in [1.29, 1.82) is 0 Å². The Bertz CT molecular complexity index is 1760. The van der Waals surface area contributed by atoms with E-state index in [-0.39, 0.29) is 29.8 Å². The summed E-state index contributed by atoms with van der Waals surface area (Å²) in [5.74, 6) is 4.60. The molecule has 8 atom stereocenters. The minimum absolute atomic E-state index is 0.00532. The van der Waals surface area contributed by atoms with Gasteiger partial charge in [0.2, 0.25) is 5.91 Å². The van der Waals surface area contributed by atoms with E-state index in [0.717, 1.165) is 54.8 Å². The second kappa shape index (κ2) is 26.6.